The van der Waals surface area contributed by atoms with Crippen LogP contribution < -0.4 is 5.32 Å². The van der Waals surface area contributed by atoms with E-state index in [2.05, 4.69) is 11.9 Å². The smallest absolute Gasteiger partial charge is 0.475 e. The second-order valence-corrected chi connectivity index (χ2v) is 3.37. The molecule has 1 rings (SSSR count). The lowest BCUT2D eigenvalue weighted by atomic mass is 10.1. The summed E-state index contributed by atoms with van der Waals surface area (Å²) in [4.78, 5) is 8.90. The van der Waals surface area contributed by atoms with Crippen molar-refractivity contribution in [1.82, 2.24) is 5.32 Å². The zero-order valence-corrected chi connectivity index (χ0v) is 9.29. The number of aliphatic carboxylic acids is 1. The standard InChI is InChI=1S/C8H15NO.C2HF3O2/c1-2-7-10-8-3-5-9-6-4-8;3-2(4,5)1(6)7/h2,8-9H,1,3-7H2;(H,6,7). The van der Waals surface area contributed by atoms with Crippen molar-refractivity contribution in [3.8, 4) is 0 Å². The van der Waals surface area contributed by atoms with Crippen LogP contribution in [0.5, 0.6) is 0 Å². The molecule has 0 aromatic rings. The molecule has 1 aliphatic heterocycles. The highest BCUT2D eigenvalue weighted by Gasteiger charge is 2.38. The van der Waals surface area contributed by atoms with Gasteiger partial charge in [0, 0.05) is 0 Å². The third kappa shape index (κ3) is 8.70. The summed E-state index contributed by atoms with van der Waals surface area (Å²) >= 11 is 0. The van der Waals surface area contributed by atoms with E-state index in [1.54, 1.807) is 0 Å². The van der Waals surface area contributed by atoms with E-state index >= 15 is 0 Å². The lowest BCUT2D eigenvalue weighted by Crippen LogP contribution is -2.32. The van der Waals surface area contributed by atoms with E-state index in [0.717, 1.165) is 25.9 Å². The molecule has 1 fully saturated rings. The van der Waals surface area contributed by atoms with E-state index < -0.39 is 12.1 Å². The van der Waals surface area contributed by atoms with Gasteiger partial charge in [-0.1, -0.05) is 6.08 Å². The van der Waals surface area contributed by atoms with Gasteiger partial charge in [-0.15, -0.1) is 6.58 Å². The summed E-state index contributed by atoms with van der Waals surface area (Å²) < 4.78 is 37.2. The van der Waals surface area contributed by atoms with Gasteiger partial charge in [-0.25, -0.2) is 4.79 Å². The first-order valence-electron chi connectivity index (χ1n) is 5.11. The summed E-state index contributed by atoms with van der Waals surface area (Å²) in [6.45, 7) is 6.50. The molecule has 0 spiro atoms. The molecule has 4 nitrogen and oxygen atoms in total. The molecular weight excluding hydrogens is 239 g/mol. The quantitative estimate of drug-likeness (QED) is 0.752. The van der Waals surface area contributed by atoms with Gasteiger partial charge in [0.1, 0.15) is 0 Å². The molecule has 17 heavy (non-hydrogen) atoms. The summed E-state index contributed by atoms with van der Waals surface area (Å²) in [7, 11) is 0. The molecule has 1 aliphatic rings. The molecule has 0 bridgehead atoms. The van der Waals surface area contributed by atoms with Crippen molar-refractivity contribution in [3.05, 3.63) is 12.7 Å². The van der Waals surface area contributed by atoms with Gasteiger partial charge in [-0.05, 0) is 25.9 Å². The number of carboxylic acid groups (broad SMARTS) is 1. The first-order chi connectivity index (χ1) is 7.88. The van der Waals surface area contributed by atoms with Crippen molar-refractivity contribution in [2.24, 2.45) is 0 Å². The van der Waals surface area contributed by atoms with Gasteiger partial charge >= 0.3 is 12.1 Å². The van der Waals surface area contributed by atoms with Crippen LogP contribution in [0.4, 0.5) is 13.2 Å². The van der Waals surface area contributed by atoms with Crippen LogP contribution in [-0.2, 0) is 9.53 Å². The Hall–Kier alpha value is -1.08. The number of hydrogen-bond donors (Lipinski definition) is 2. The zero-order chi connectivity index (χ0) is 13.3. The molecule has 0 saturated carbocycles. The maximum atomic E-state index is 10.6. The van der Waals surface area contributed by atoms with E-state index in [1.807, 2.05) is 6.08 Å². The minimum Gasteiger partial charge on any atom is -0.475 e. The molecule has 1 saturated heterocycles. The molecule has 2 N–H and O–H groups in total. The fourth-order valence-electron chi connectivity index (χ4n) is 1.17. The maximum absolute atomic E-state index is 10.6. The molecule has 100 valence electrons. The number of carboxylic acids is 1. The minimum atomic E-state index is -5.08. The third-order valence-corrected chi connectivity index (χ3v) is 1.98. The summed E-state index contributed by atoms with van der Waals surface area (Å²) in [5.74, 6) is -2.76. The summed E-state index contributed by atoms with van der Waals surface area (Å²) in [6, 6.07) is 0. The van der Waals surface area contributed by atoms with Crippen LogP contribution in [0.15, 0.2) is 12.7 Å². The Kier molecular flexibility index (Phi) is 7.56. The number of rotatable bonds is 3. The van der Waals surface area contributed by atoms with E-state index in [-0.39, 0.29) is 0 Å². The molecule has 0 aromatic heterocycles. The van der Waals surface area contributed by atoms with Crippen molar-refractivity contribution >= 4 is 5.97 Å². The van der Waals surface area contributed by atoms with E-state index in [4.69, 9.17) is 14.6 Å². The van der Waals surface area contributed by atoms with Gasteiger partial charge in [0.15, 0.2) is 0 Å². The average molecular weight is 255 g/mol. The predicted octanol–water partition coefficient (Wildman–Crippen LogP) is 1.57. The van der Waals surface area contributed by atoms with Crippen molar-refractivity contribution in [2.45, 2.75) is 25.1 Å². The molecular formula is C10H16F3NO3. The van der Waals surface area contributed by atoms with Gasteiger partial charge in [0.2, 0.25) is 0 Å². The number of nitrogens with one attached hydrogen (secondary N) is 1. The summed E-state index contributed by atoms with van der Waals surface area (Å²) in [5.41, 5.74) is 0. The number of carbonyl (C=O) groups is 1. The van der Waals surface area contributed by atoms with E-state index in [0.29, 0.717) is 12.7 Å². The largest absolute Gasteiger partial charge is 0.490 e. The van der Waals surface area contributed by atoms with Crippen molar-refractivity contribution in [2.75, 3.05) is 19.7 Å². The molecule has 0 aromatic carbocycles. The number of hydrogen-bond acceptors (Lipinski definition) is 3. The molecule has 0 unspecified atom stereocenters. The fourth-order valence-corrected chi connectivity index (χ4v) is 1.17. The molecule has 1 heterocycles. The first-order valence-corrected chi connectivity index (χ1v) is 5.11. The highest BCUT2D eigenvalue weighted by atomic mass is 19.4. The second kappa shape index (κ2) is 8.08. The van der Waals surface area contributed by atoms with E-state index in [1.165, 1.54) is 0 Å². The Balaban J connectivity index is 0.000000325. The Labute approximate surface area is 97.4 Å². The van der Waals surface area contributed by atoms with Crippen molar-refractivity contribution < 1.29 is 27.8 Å². The number of alkyl halides is 3. The fraction of sp³-hybridized carbons (Fsp3) is 0.700. The van der Waals surface area contributed by atoms with E-state index in [9.17, 15) is 13.2 Å². The molecule has 0 atom stereocenters. The van der Waals surface area contributed by atoms with Crippen LogP contribution in [0.3, 0.4) is 0 Å². The van der Waals surface area contributed by atoms with Gasteiger partial charge in [-0.3, -0.25) is 0 Å². The van der Waals surface area contributed by atoms with Gasteiger partial charge in [0.25, 0.3) is 0 Å². The SMILES string of the molecule is C=CCOC1CCNCC1.O=C(O)C(F)(F)F. The summed E-state index contributed by atoms with van der Waals surface area (Å²) in [5, 5.41) is 10.4. The Bertz CT molecular complexity index is 237. The van der Waals surface area contributed by atoms with Gasteiger partial charge < -0.3 is 15.2 Å². The van der Waals surface area contributed by atoms with Crippen LogP contribution in [0.2, 0.25) is 0 Å². The molecule has 7 heteroatoms. The lowest BCUT2D eigenvalue weighted by molar-refractivity contribution is -0.192. The van der Waals surface area contributed by atoms with Gasteiger partial charge in [0.05, 0.1) is 12.7 Å². The average Bonchev–Trinajstić information content (AvgIpc) is 2.27. The Morgan fingerprint density at radius 1 is 1.47 bits per heavy atom. The van der Waals surface area contributed by atoms with Crippen LogP contribution in [0.1, 0.15) is 12.8 Å². The Morgan fingerprint density at radius 2 is 1.94 bits per heavy atom. The topological polar surface area (TPSA) is 58.6 Å². The third-order valence-electron chi connectivity index (χ3n) is 1.98. The number of piperidine rings is 1. The second-order valence-electron chi connectivity index (χ2n) is 3.37. The van der Waals surface area contributed by atoms with Crippen LogP contribution >= 0.6 is 0 Å². The predicted molar refractivity (Wildman–Crippen MR) is 55.7 cm³/mol. The highest BCUT2D eigenvalue weighted by molar-refractivity contribution is 5.73. The van der Waals surface area contributed by atoms with Crippen LogP contribution in [0.25, 0.3) is 0 Å². The molecule has 0 radical (unpaired) electrons. The summed E-state index contributed by atoms with van der Waals surface area (Å²) in [6.07, 6.45) is -0.511. The number of halogens is 3. The first kappa shape index (κ1) is 15.9. The Morgan fingerprint density at radius 3 is 2.29 bits per heavy atom. The van der Waals surface area contributed by atoms with Gasteiger partial charge in [-0.2, -0.15) is 13.2 Å². The van der Waals surface area contributed by atoms with Crippen LogP contribution in [0, 0.1) is 0 Å². The van der Waals surface area contributed by atoms with Crippen molar-refractivity contribution in [3.63, 3.8) is 0 Å². The zero-order valence-electron chi connectivity index (χ0n) is 9.29. The monoisotopic (exact) mass is 255 g/mol. The molecule has 0 aliphatic carbocycles. The highest BCUT2D eigenvalue weighted by Crippen LogP contribution is 2.13. The number of ether oxygens (including phenoxy) is 1. The van der Waals surface area contributed by atoms with Crippen molar-refractivity contribution in [1.29, 1.82) is 0 Å². The lowest BCUT2D eigenvalue weighted by Gasteiger charge is -2.22. The maximum Gasteiger partial charge on any atom is 0.490 e. The van der Waals surface area contributed by atoms with Crippen LogP contribution in [-0.4, -0.2) is 43.1 Å². The minimum absolute atomic E-state index is 0.472. The molecule has 0 amide bonds. The normalized spacial score (nSPS) is 16.9.